The van der Waals surface area contributed by atoms with E-state index < -0.39 is 11.1 Å². The second-order valence-corrected chi connectivity index (χ2v) is 7.40. The van der Waals surface area contributed by atoms with Crippen LogP contribution in [0.3, 0.4) is 0 Å². The molecule has 8 heteroatoms. The Hall–Kier alpha value is -2.51. The molecular weight excluding hydrogens is 386 g/mol. The molecule has 3 aromatic rings. The van der Waals surface area contributed by atoms with Gasteiger partial charge in [-0.05, 0) is 49.4 Å². The lowest BCUT2D eigenvalue weighted by atomic mass is 10.1. The highest BCUT2D eigenvalue weighted by Crippen LogP contribution is 2.19. The second-order valence-electron chi connectivity index (χ2n) is 5.79. The van der Waals surface area contributed by atoms with Crippen LogP contribution in [-0.4, -0.2) is 27.8 Å². The summed E-state index contributed by atoms with van der Waals surface area (Å²) in [7, 11) is 0. The van der Waals surface area contributed by atoms with Gasteiger partial charge >= 0.3 is 11.1 Å². The number of benzene rings is 2. The summed E-state index contributed by atoms with van der Waals surface area (Å²) < 4.78 is 1.39. The van der Waals surface area contributed by atoms with Gasteiger partial charge in [0.25, 0.3) is 5.91 Å². The molecule has 27 heavy (non-hydrogen) atoms. The summed E-state index contributed by atoms with van der Waals surface area (Å²) in [6.07, 6.45) is 0. The predicted octanol–water partition coefficient (Wildman–Crippen LogP) is 2.89. The number of aryl methyl sites for hydroxylation is 1. The summed E-state index contributed by atoms with van der Waals surface area (Å²) in [5.74, 6) is 0.483. The summed E-state index contributed by atoms with van der Waals surface area (Å²) in [6.45, 7) is 2.67. The van der Waals surface area contributed by atoms with E-state index in [0.29, 0.717) is 40.5 Å². The number of H-pyrrole nitrogens is 1. The van der Waals surface area contributed by atoms with E-state index >= 15 is 0 Å². The van der Waals surface area contributed by atoms with Crippen LogP contribution >= 0.6 is 23.4 Å². The minimum atomic E-state index is -0.693. The van der Waals surface area contributed by atoms with Gasteiger partial charge in [-0.15, -0.1) is 11.8 Å². The van der Waals surface area contributed by atoms with Crippen LogP contribution in [0.1, 0.15) is 17.3 Å². The number of carbonyl (C=O) groups excluding carboxylic acids is 1. The van der Waals surface area contributed by atoms with Crippen molar-refractivity contribution < 1.29 is 4.79 Å². The maximum Gasteiger partial charge on any atom is 0.316 e. The molecule has 2 N–H and O–H groups in total. The zero-order valence-electron chi connectivity index (χ0n) is 14.6. The standard InChI is InChI=1S/C19H18ClN3O3S/c1-2-23-16-8-3-12(11-15(16)22-18(25)19(23)26)17(24)21-9-10-27-14-6-4-13(20)5-7-14/h3-8,11H,2,9-10H2,1H3,(H,21,24)(H,22,25). The number of aromatic nitrogens is 2. The molecule has 0 saturated heterocycles. The van der Waals surface area contributed by atoms with Crippen molar-refractivity contribution >= 4 is 40.3 Å². The SMILES string of the molecule is CCn1c(=O)c(=O)[nH]c2cc(C(=O)NCCSc3ccc(Cl)cc3)ccc21. The maximum atomic E-state index is 12.4. The van der Waals surface area contributed by atoms with Crippen molar-refractivity contribution in [2.75, 3.05) is 12.3 Å². The van der Waals surface area contributed by atoms with Gasteiger partial charge < -0.3 is 14.9 Å². The van der Waals surface area contributed by atoms with Crippen LogP contribution in [0.2, 0.25) is 5.02 Å². The molecule has 0 fully saturated rings. The molecule has 0 bridgehead atoms. The van der Waals surface area contributed by atoms with Gasteiger partial charge in [0.2, 0.25) is 0 Å². The molecule has 0 atom stereocenters. The molecule has 0 aliphatic carbocycles. The van der Waals surface area contributed by atoms with E-state index in [1.807, 2.05) is 24.3 Å². The first-order chi connectivity index (χ1) is 13.0. The molecule has 1 heterocycles. The largest absolute Gasteiger partial charge is 0.351 e. The van der Waals surface area contributed by atoms with E-state index in [0.717, 1.165) is 4.90 Å². The number of rotatable bonds is 6. The van der Waals surface area contributed by atoms with Gasteiger partial charge in [-0.25, -0.2) is 0 Å². The van der Waals surface area contributed by atoms with E-state index in [9.17, 15) is 14.4 Å². The number of hydrogen-bond donors (Lipinski definition) is 2. The molecular formula is C19H18ClN3O3S. The highest BCUT2D eigenvalue weighted by Gasteiger charge is 2.10. The van der Waals surface area contributed by atoms with Crippen molar-refractivity contribution in [3.05, 3.63) is 73.8 Å². The molecule has 0 aliphatic heterocycles. The molecule has 2 aromatic carbocycles. The van der Waals surface area contributed by atoms with Crippen molar-refractivity contribution in [3.8, 4) is 0 Å². The van der Waals surface area contributed by atoms with Crippen molar-refractivity contribution in [2.24, 2.45) is 0 Å². The molecule has 1 amide bonds. The predicted molar refractivity (Wildman–Crippen MR) is 109 cm³/mol. The third kappa shape index (κ3) is 4.43. The second kappa shape index (κ2) is 8.45. The van der Waals surface area contributed by atoms with E-state index in [1.165, 1.54) is 4.57 Å². The minimum absolute atomic E-state index is 0.233. The Bertz CT molecular complexity index is 1090. The summed E-state index contributed by atoms with van der Waals surface area (Å²) in [5, 5.41) is 3.54. The summed E-state index contributed by atoms with van der Waals surface area (Å²) >= 11 is 7.47. The number of halogens is 1. The fourth-order valence-corrected chi connectivity index (χ4v) is 3.60. The van der Waals surface area contributed by atoms with Crippen molar-refractivity contribution in [1.29, 1.82) is 0 Å². The van der Waals surface area contributed by atoms with Crippen molar-refractivity contribution in [1.82, 2.24) is 14.9 Å². The number of aromatic amines is 1. The first-order valence-corrected chi connectivity index (χ1v) is 9.79. The minimum Gasteiger partial charge on any atom is -0.351 e. The zero-order chi connectivity index (χ0) is 19.4. The Morgan fingerprint density at radius 1 is 1.19 bits per heavy atom. The highest BCUT2D eigenvalue weighted by molar-refractivity contribution is 7.99. The van der Waals surface area contributed by atoms with E-state index in [2.05, 4.69) is 10.3 Å². The Morgan fingerprint density at radius 2 is 1.93 bits per heavy atom. The number of nitrogens with one attached hydrogen (secondary N) is 2. The average molecular weight is 404 g/mol. The number of fused-ring (bicyclic) bond motifs is 1. The van der Waals surface area contributed by atoms with Crippen LogP contribution in [0, 0.1) is 0 Å². The molecule has 3 rings (SSSR count). The Morgan fingerprint density at radius 3 is 2.63 bits per heavy atom. The smallest absolute Gasteiger partial charge is 0.316 e. The molecule has 1 aromatic heterocycles. The molecule has 0 unspecified atom stereocenters. The fourth-order valence-electron chi connectivity index (χ4n) is 2.70. The van der Waals surface area contributed by atoms with E-state index in [-0.39, 0.29) is 5.91 Å². The number of thioether (sulfide) groups is 1. The molecule has 140 valence electrons. The molecule has 0 aliphatic rings. The first-order valence-electron chi connectivity index (χ1n) is 8.43. The van der Waals surface area contributed by atoms with Gasteiger partial charge in [-0.2, -0.15) is 0 Å². The van der Waals surface area contributed by atoms with Crippen molar-refractivity contribution in [2.45, 2.75) is 18.4 Å². The first kappa shape index (κ1) is 19.3. The summed E-state index contributed by atoms with van der Waals surface area (Å²) in [6, 6.07) is 12.4. The number of hydrogen-bond acceptors (Lipinski definition) is 4. The fraction of sp³-hybridized carbons (Fsp3) is 0.211. The van der Waals surface area contributed by atoms with Crippen LogP contribution < -0.4 is 16.4 Å². The van der Waals surface area contributed by atoms with Gasteiger partial charge in [-0.3, -0.25) is 14.4 Å². The number of carbonyl (C=O) groups is 1. The quantitative estimate of drug-likeness (QED) is 0.376. The zero-order valence-corrected chi connectivity index (χ0v) is 16.2. The summed E-state index contributed by atoms with van der Waals surface area (Å²) in [5.41, 5.74) is 0.195. The van der Waals surface area contributed by atoms with Gasteiger partial charge in [-0.1, -0.05) is 11.6 Å². The number of nitrogens with zero attached hydrogens (tertiary/aromatic N) is 1. The van der Waals surface area contributed by atoms with Crippen molar-refractivity contribution in [3.63, 3.8) is 0 Å². The molecule has 0 saturated carbocycles. The van der Waals surface area contributed by atoms with E-state index in [1.54, 1.807) is 36.9 Å². The van der Waals surface area contributed by atoms with Crippen LogP contribution in [0.5, 0.6) is 0 Å². The number of amides is 1. The lowest BCUT2D eigenvalue weighted by molar-refractivity contribution is 0.0956. The molecule has 0 spiro atoms. The van der Waals surface area contributed by atoms with Gasteiger partial charge in [0.05, 0.1) is 11.0 Å². The van der Waals surface area contributed by atoms with Gasteiger partial charge in [0, 0.05) is 34.3 Å². The van der Waals surface area contributed by atoms with E-state index in [4.69, 9.17) is 11.6 Å². The Kier molecular flexibility index (Phi) is 6.03. The highest BCUT2D eigenvalue weighted by atomic mass is 35.5. The monoisotopic (exact) mass is 403 g/mol. The normalized spacial score (nSPS) is 10.9. The van der Waals surface area contributed by atoms with Crippen LogP contribution in [-0.2, 0) is 6.54 Å². The molecule has 0 radical (unpaired) electrons. The Balaban J connectivity index is 1.67. The Labute approximate surface area is 164 Å². The molecule has 6 nitrogen and oxygen atoms in total. The lowest BCUT2D eigenvalue weighted by Crippen LogP contribution is -2.36. The lowest BCUT2D eigenvalue weighted by Gasteiger charge is -2.09. The third-order valence-electron chi connectivity index (χ3n) is 4.02. The average Bonchev–Trinajstić information content (AvgIpc) is 2.67. The van der Waals surface area contributed by atoms with Crippen LogP contribution in [0.15, 0.2) is 56.9 Å². The van der Waals surface area contributed by atoms with Crippen LogP contribution in [0.25, 0.3) is 11.0 Å². The van der Waals surface area contributed by atoms with Gasteiger partial charge in [0.15, 0.2) is 0 Å². The van der Waals surface area contributed by atoms with Crippen LogP contribution in [0.4, 0.5) is 0 Å². The third-order valence-corrected chi connectivity index (χ3v) is 5.29. The maximum absolute atomic E-state index is 12.4. The summed E-state index contributed by atoms with van der Waals surface area (Å²) in [4.78, 5) is 39.6. The van der Waals surface area contributed by atoms with Gasteiger partial charge in [0.1, 0.15) is 0 Å². The topological polar surface area (TPSA) is 84.0 Å².